The van der Waals surface area contributed by atoms with Gasteiger partial charge in [-0.05, 0) is 55.5 Å². The van der Waals surface area contributed by atoms with Gasteiger partial charge < -0.3 is 26.4 Å². The van der Waals surface area contributed by atoms with Gasteiger partial charge in [0.05, 0.1) is 11.1 Å². The highest BCUT2D eigenvalue weighted by molar-refractivity contribution is 6.01. The van der Waals surface area contributed by atoms with Gasteiger partial charge in [0.25, 0.3) is 0 Å². The molecule has 0 aliphatic heterocycles. The third-order valence-electron chi connectivity index (χ3n) is 6.88. The molecule has 1 aliphatic carbocycles. The Labute approximate surface area is 234 Å². The van der Waals surface area contributed by atoms with Crippen LogP contribution in [0.4, 0.5) is 38.0 Å². The van der Waals surface area contributed by atoms with E-state index in [1.807, 2.05) is 11.9 Å². The second-order valence-electron chi connectivity index (χ2n) is 10.0. The van der Waals surface area contributed by atoms with Gasteiger partial charge in [-0.1, -0.05) is 6.42 Å². The van der Waals surface area contributed by atoms with Gasteiger partial charge in [-0.2, -0.15) is 26.3 Å². The first-order chi connectivity index (χ1) is 19.2. The molecule has 2 aromatic rings. The number of anilines is 2. The fraction of sp³-hybridized carbons (Fsp3) is 0.500. The lowest BCUT2D eigenvalue weighted by Gasteiger charge is -2.33. The van der Waals surface area contributed by atoms with Crippen molar-refractivity contribution in [2.45, 2.75) is 51.6 Å². The number of guanidine groups is 1. The summed E-state index contributed by atoms with van der Waals surface area (Å²) in [6.07, 6.45) is -6.68. The quantitative estimate of drug-likeness (QED) is 0.0896. The van der Waals surface area contributed by atoms with Gasteiger partial charge in [-0.25, -0.2) is 10.4 Å². The SMILES string of the molecule is CNNC(=NN)N(Cc1cc(C(F)(F)F)cc(C(F)(F)F)c1)Cc1cc(C(C)=N)c(NC)nc1N(C)CC1CCC1. The van der Waals surface area contributed by atoms with Crippen LogP contribution in [0.2, 0.25) is 0 Å². The number of benzene rings is 1. The van der Waals surface area contributed by atoms with E-state index in [9.17, 15) is 26.3 Å². The average Bonchev–Trinajstić information content (AvgIpc) is 2.87. The molecule has 15 heteroatoms. The zero-order valence-electron chi connectivity index (χ0n) is 23.3. The maximum atomic E-state index is 13.6. The number of nitrogens with two attached hydrogens (primary N) is 1. The van der Waals surface area contributed by atoms with Gasteiger partial charge in [-0.15, -0.1) is 5.10 Å². The molecule has 41 heavy (non-hydrogen) atoms. The first-order valence-electron chi connectivity index (χ1n) is 12.9. The van der Waals surface area contributed by atoms with Gasteiger partial charge in [0, 0.05) is 57.6 Å². The zero-order chi connectivity index (χ0) is 30.5. The van der Waals surface area contributed by atoms with Crippen molar-refractivity contribution in [1.29, 1.82) is 5.41 Å². The van der Waals surface area contributed by atoms with Gasteiger partial charge >= 0.3 is 12.4 Å². The summed E-state index contributed by atoms with van der Waals surface area (Å²) in [4.78, 5) is 8.13. The van der Waals surface area contributed by atoms with E-state index in [0.29, 0.717) is 47.4 Å². The van der Waals surface area contributed by atoms with E-state index in [0.717, 1.165) is 19.3 Å². The van der Waals surface area contributed by atoms with Crippen molar-refractivity contribution in [3.63, 3.8) is 0 Å². The number of hydrazine groups is 1. The largest absolute Gasteiger partial charge is 0.416 e. The Hall–Kier alpha value is -3.75. The number of pyridine rings is 1. The first kappa shape index (κ1) is 31.8. The fourth-order valence-electron chi connectivity index (χ4n) is 4.66. The Morgan fingerprint density at radius 3 is 2.10 bits per heavy atom. The molecule has 1 aliphatic rings. The third kappa shape index (κ3) is 7.93. The van der Waals surface area contributed by atoms with E-state index in [4.69, 9.17) is 16.2 Å². The van der Waals surface area contributed by atoms with Crippen LogP contribution in [-0.2, 0) is 25.4 Å². The number of nitrogens with one attached hydrogen (secondary N) is 4. The molecule has 1 aromatic carbocycles. The van der Waals surface area contributed by atoms with Crippen LogP contribution in [0.25, 0.3) is 0 Å². The van der Waals surface area contributed by atoms with Crippen LogP contribution >= 0.6 is 0 Å². The number of hydrazone groups is 1. The number of rotatable bonds is 10. The van der Waals surface area contributed by atoms with E-state index < -0.39 is 30.0 Å². The summed E-state index contributed by atoms with van der Waals surface area (Å²) in [7, 11) is 5.06. The minimum absolute atomic E-state index is 0.0307. The Balaban J connectivity index is 2.12. The van der Waals surface area contributed by atoms with Crippen molar-refractivity contribution in [1.82, 2.24) is 20.7 Å². The maximum Gasteiger partial charge on any atom is 0.416 e. The van der Waals surface area contributed by atoms with Crippen molar-refractivity contribution in [3.8, 4) is 0 Å². The van der Waals surface area contributed by atoms with Crippen LogP contribution in [-0.4, -0.2) is 49.2 Å². The molecule has 0 spiro atoms. The molecule has 1 saturated carbocycles. The second-order valence-corrected chi connectivity index (χ2v) is 10.0. The minimum Gasteiger partial charge on any atom is -0.373 e. The fourth-order valence-corrected chi connectivity index (χ4v) is 4.66. The maximum absolute atomic E-state index is 13.6. The van der Waals surface area contributed by atoms with Crippen LogP contribution in [0.5, 0.6) is 0 Å². The molecule has 6 N–H and O–H groups in total. The standard InChI is InChI=1S/C26H35F6N9/c1-15(33)21-10-18(23(37-22(21)35-2)40(4)12-16-6-5-7-16)14-41(24(38-34)39-36-3)13-17-8-19(25(27,28)29)11-20(9-17)26(30,31)32/h8-11,16,33,36H,5-7,12-14,34H2,1-4H3,(H,35,37)(H,38,39). The monoisotopic (exact) mass is 587 g/mol. The number of nitrogens with zero attached hydrogens (tertiary/aromatic N) is 4. The Morgan fingerprint density at radius 2 is 1.66 bits per heavy atom. The van der Waals surface area contributed by atoms with Gasteiger partial charge in [0.1, 0.15) is 11.6 Å². The van der Waals surface area contributed by atoms with Gasteiger partial charge in [0.2, 0.25) is 5.96 Å². The van der Waals surface area contributed by atoms with Crippen molar-refractivity contribution < 1.29 is 26.3 Å². The van der Waals surface area contributed by atoms with E-state index in [-0.39, 0.29) is 29.8 Å². The lowest BCUT2D eigenvalue weighted by Crippen LogP contribution is -2.46. The molecule has 1 heterocycles. The highest BCUT2D eigenvalue weighted by Crippen LogP contribution is 2.37. The zero-order valence-corrected chi connectivity index (χ0v) is 23.3. The Bertz CT molecular complexity index is 1220. The minimum atomic E-state index is -4.99. The summed E-state index contributed by atoms with van der Waals surface area (Å²) in [5, 5.41) is 14.9. The highest BCUT2D eigenvalue weighted by atomic mass is 19.4. The Morgan fingerprint density at radius 1 is 1.05 bits per heavy atom. The smallest absolute Gasteiger partial charge is 0.373 e. The average molecular weight is 588 g/mol. The molecule has 1 aromatic heterocycles. The summed E-state index contributed by atoms with van der Waals surface area (Å²) in [6.45, 7) is 1.84. The molecule has 1 fully saturated rings. The van der Waals surface area contributed by atoms with Crippen molar-refractivity contribution >= 4 is 23.3 Å². The van der Waals surface area contributed by atoms with Crippen LogP contribution < -0.4 is 26.9 Å². The topological polar surface area (TPSA) is 118 Å². The normalized spacial score (nSPS) is 14.4. The van der Waals surface area contributed by atoms with E-state index in [2.05, 4.69) is 21.3 Å². The number of halogens is 6. The molecule has 0 saturated heterocycles. The number of hydrogen-bond acceptors (Lipinski definition) is 7. The van der Waals surface area contributed by atoms with Gasteiger partial charge in [0.15, 0.2) is 0 Å². The predicted octanol–water partition coefficient (Wildman–Crippen LogP) is 4.74. The van der Waals surface area contributed by atoms with Gasteiger partial charge in [-0.3, -0.25) is 5.43 Å². The van der Waals surface area contributed by atoms with Crippen LogP contribution in [0.15, 0.2) is 29.4 Å². The number of alkyl halides is 6. The predicted molar refractivity (Wildman–Crippen MR) is 146 cm³/mol. The molecule has 226 valence electrons. The summed E-state index contributed by atoms with van der Waals surface area (Å²) in [5.74, 6) is 7.06. The molecule has 3 rings (SSSR count). The summed E-state index contributed by atoms with van der Waals surface area (Å²) in [5.41, 5.74) is 3.53. The molecule has 0 amide bonds. The van der Waals surface area contributed by atoms with Crippen LogP contribution in [0, 0.1) is 11.3 Å². The lowest BCUT2D eigenvalue weighted by molar-refractivity contribution is -0.143. The number of aromatic nitrogens is 1. The summed E-state index contributed by atoms with van der Waals surface area (Å²) < 4.78 is 81.3. The molecule has 0 atom stereocenters. The molecule has 0 unspecified atom stereocenters. The summed E-state index contributed by atoms with van der Waals surface area (Å²) >= 11 is 0. The second kappa shape index (κ2) is 12.8. The highest BCUT2D eigenvalue weighted by Gasteiger charge is 2.37. The molecule has 0 radical (unpaired) electrons. The van der Waals surface area contributed by atoms with E-state index in [1.54, 1.807) is 20.0 Å². The number of hydrogen-bond donors (Lipinski definition) is 5. The van der Waals surface area contributed by atoms with Crippen molar-refractivity contribution in [2.75, 3.05) is 37.9 Å². The first-order valence-corrected chi connectivity index (χ1v) is 12.9. The molecular formula is C26H35F6N9. The van der Waals surface area contributed by atoms with Crippen LogP contribution in [0.1, 0.15) is 54.0 Å². The summed E-state index contributed by atoms with van der Waals surface area (Å²) in [6, 6.07) is 3.18. The molecular weight excluding hydrogens is 552 g/mol. The Kier molecular flexibility index (Phi) is 9.94. The van der Waals surface area contributed by atoms with Crippen molar-refractivity contribution in [3.05, 3.63) is 52.1 Å². The van der Waals surface area contributed by atoms with Crippen LogP contribution in [0.3, 0.4) is 0 Å². The van der Waals surface area contributed by atoms with E-state index >= 15 is 0 Å². The van der Waals surface area contributed by atoms with Crippen molar-refractivity contribution in [2.24, 2.45) is 16.9 Å². The third-order valence-corrected chi connectivity index (χ3v) is 6.88. The molecule has 0 bridgehead atoms. The molecule has 9 nitrogen and oxygen atoms in total. The lowest BCUT2D eigenvalue weighted by atomic mass is 9.85. The van der Waals surface area contributed by atoms with E-state index in [1.165, 1.54) is 11.9 Å².